The van der Waals surface area contributed by atoms with E-state index >= 15 is 0 Å². The molecule has 0 bridgehead atoms. The molecule has 0 amide bonds. The van der Waals surface area contributed by atoms with Crippen molar-refractivity contribution in [2.24, 2.45) is 4.99 Å². The molecule has 0 saturated carbocycles. The number of benzene rings is 1. The SMILES string of the molecule is CCC(CC(c1ccc([N+](=O)[O-])cc1)N(C)C)N=C=N. The molecule has 0 spiro atoms. The standard InChI is InChI=1S/C14H20N4O2/c1-4-12(16-10-15)9-14(17(2)3)11-5-7-13(8-6-11)18(19)20/h5-8,12,14-15H,4,9H2,1-3H3. The summed E-state index contributed by atoms with van der Waals surface area (Å²) >= 11 is 0. The number of nitro benzene ring substituents is 1. The average molecular weight is 276 g/mol. The molecule has 0 radical (unpaired) electrons. The zero-order valence-corrected chi connectivity index (χ0v) is 12.0. The number of nitrogens with zero attached hydrogens (tertiary/aromatic N) is 3. The maximum Gasteiger partial charge on any atom is 0.269 e. The van der Waals surface area contributed by atoms with Gasteiger partial charge in [-0.1, -0.05) is 19.1 Å². The number of nitro groups is 1. The highest BCUT2D eigenvalue weighted by Crippen LogP contribution is 2.27. The number of rotatable bonds is 7. The van der Waals surface area contributed by atoms with E-state index in [4.69, 9.17) is 5.41 Å². The Morgan fingerprint density at radius 2 is 2.00 bits per heavy atom. The normalized spacial score (nSPS) is 13.6. The monoisotopic (exact) mass is 276 g/mol. The molecule has 108 valence electrons. The van der Waals surface area contributed by atoms with E-state index in [1.165, 1.54) is 12.1 Å². The molecule has 0 saturated heterocycles. The minimum absolute atomic E-state index is 0.0371. The fourth-order valence-corrected chi connectivity index (χ4v) is 2.12. The molecule has 0 fully saturated rings. The van der Waals surface area contributed by atoms with Gasteiger partial charge in [0.05, 0.1) is 17.0 Å². The molecule has 0 aliphatic heterocycles. The zero-order valence-electron chi connectivity index (χ0n) is 12.0. The molecule has 1 rings (SSSR count). The van der Waals surface area contributed by atoms with E-state index in [1.807, 2.05) is 21.0 Å². The molecule has 6 nitrogen and oxygen atoms in total. The Morgan fingerprint density at radius 1 is 1.40 bits per heavy atom. The summed E-state index contributed by atoms with van der Waals surface area (Å²) in [4.78, 5) is 16.4. The summed E-state index contributed by atoms with van der Waals surface area (Å²) in [5.74, 6) is 0. The Bertz CT molecular complexity index is 492. The van der Waals surface area contributed by atoms with E-state index in [0.29, 0.717) is 0 Å². The highest BCUT2D eigenvalue weighted by molar-refractivity contribution is 5.37. The second-order valence-electron chi connectivity index (χ2n) is 4.87. The highest BCUT2D eigenvalue weighted by Gasteiger charge is 2.19. The maximum absolute atomic E-state index is 10.7. The number of hydrogen-bond donors (Lipinski definition) is 1. The van der Waals surface area contributed by atoms with Crippen molar-refractivity contribution in [3.8, 4) is 0 Å². The Labute approximate surface area is 118 Å². The first kappa shape index (κ1) is 16.0. The van der Waals surface area contributed by atoms with E-state index in [0.717, 1.165) is 18.4 Å². The molecule has 0 heterocycles. The lowest BCUT2D eigenvalue weighted by molar-refractivity contribution is -0.384. The molecule has 20 heavy (non-hydrogen) atoms. The van der Waals surface area contributed by atoms with Crippen molar-refractivity contribution in [3.63, 3.8) is 0 Å². The minimum atomic E-state index is -0.400. The number of non-ortho nitro benzene ring substituents is 1. The zero-order chi connectivity index (χ0) is 15.1. The van der Waals surface area contributed by atoms with Gasteiger partial charge in [0.15, 0.2) is 0 Å². The lowest BCUT2D eigenvalue weighted by Gasteiger charge is -2.26. The predicted molar refractivity (Wildman–Crippen MR) is 78.4 cm³/mol. The molecule has 2 unspecified atom stereocenters. The van der Waals surface area contributed by atoms with E-state index in [9.17, 15) is 10.1 Å². The average Bonchev–Trinajstić information content (AvgIpc) is 2.43. The van der Waals surface area contributed by atoms with Crippen molar-refractivity contribution in [1.29, 1.82) is 5.41 Å². The van der Waals surface area contributed by atoms with Crippen LogP contribution in [0.1, 0.15) is 31.4 Å². The van der Waals surface area contributed by atoms with Crippen LogP contribution in [-0.2, 0) is 0 Å². The quantitative estimate of drug-likeness (QED) is 0.472. The summed E-state index contributed by atoms with van der Waals surface area (Å²) < 4.78 is 0. The molecule has 0 aliphatic rings. The second-order valence-corrected chi connectivity index (χ2v) is 4.87. The Hall–Kier alpha value is -2.04. The molecule has 1 aromatic carbocycles. The summed E-state index contributed by atoms with van der Waals surface area (Å²) in [6.45, 7) is 2.02. The third-order valence-corrected chi connectivity index (χ3v) is 3.33. The fraction of sp³-hybridized carbons (Fsp3) is 0.500. The first-order valence-electron chi connectivity index (χ1n) is 6.52. The first-order valence-corrected chi connectivity index (χ1v) is 6.52. The number of aliphatic imine (C=N–C) groups is 1. The van der Waals surface area contributed by atoms with E-state index in [-0.39, 0.29) is 17.8 Å². The molecule has 6 heteroatoms. The fourth-order valence-electron chi connectivity index (χ4n) is 2.12. The summed E-state index contributed by atoms with van der Waals surface area (Å²) in [6, 6.07) is 8.86. The third kappa shape index (κ3) is 4.26. The van der Waals surface area contributed by atoms with Crippen molar-refractivity contribution in [1.82, 2.24) is 4.90 Å². The van der Waals surface area contributed by atoms with Gasteiger partial charge in [-0.05, 0) is 32.5 Å². The smallest absolute Gasteiger partial charge is 0.269 e. The van der Waals surface area contributed by atoms with Gasteiger partial charge < -0.3 is 4.90 Å². The topological polar surface area (TPSA) is 82.6 Å². The van der Waals surface area contributed by atoms with Crippen LogP contribution in [0.5, 0.6) is 0 Å². The van der Waals surface area contributed by atoms with Crippen molar-refractivity contribution in [2.45, 2.75) is 31.8 Å². The lowest BCUT2D eigenvalue weighted by atomic mass is 9.97. The summed E-state index contributed by atoms with van der Waals surface area (Å²) in [5, 5.41) is 17.6. The highest BCUT2D eigenvalue weighted by atomic mass is 16.6. The van der Waals surface area contributed by atoms with Crippen LogP contribution < -0.4 is 0 Å². The van der Waals surface area contributed by atoms with Crippen LogP contribution in [0, 0.1) is 15.5 Å². The molecule has 2 atom stereocenters. The van der Waals surface area contributed by atoms with Crippen LogP contribution in [0.15, 0.2) is 29.3 Å². The first-order chi connectivity index (χ1) is 9.49. The van der Waals surface area contributed by atoms with Gasteiger partial charge in [0.25, 0.3) is 5.69 Å². The molecular weight excluding hydrogens is 256 g/mol. The summed E-state index contributed by atoms with van der Waals surface area (Å²) in [7, 11) is 3.93. The molecule has 0 aliphatic carbocycles. The second kappa shape index (κ2) is 7.53. The van der Waals surface area contributed by atoms with Crippen molar-refractivity contribution < 1.29 is 4.92 Å². The Kier molecular flexibility index (Phi) is 6.03. The number of nitrogens with one attached hydrogen (secondary N) is 1. The Balaban J connectivity index is 2.95. The van der Waals surface area contributed by atoms with Gasteiger partial charge in [-0.3, -0.25) is 10.1 Å². The molecule has 1 N–H and O–H groups in total. The van der Waals surface area contributed by atoms with Crippen LogP contribution in [-0.4, -0.2) is 36.0 Å². The predicted octanol–water partition coefficient (Wildman–Crippen LogP) is 3.12. The van der Waals surface area contributed by atoms with E-state index < -0.39 is 4.92 Å². The van der Waals surface area contributed by atoms with Gasteiger partial charge >= 0.3 is 0 Å². The maximum atomic E-state index is 10.7. The Morgan fingerprint density at radius 3 is 2.40 bits per heavy atom. The number of hydrogen-bond acceptors (Lipinski definition) is 5. The largest absolute Gasteiger partial charge is 0.302 e. The van der Waals surface area contributed by atoms with Gasteiger partial charge in [-0.15, -0.1) is 0 Å². The summed E-state index contributed by atoms with van der Waals surface area (Å²) in [6.07, 6.45) is 1.59. The van der Waals surface area contributed by atoms with Crippen LogP contribution >= 0.6 is 0 Å². The van der Waals surface area contributed by atoms with E-state index in [1.54, 1.807) is 12.1 Å². The van der Waals surface area contributed by atoms with Crippen LogP contribution in [0.25, 0.3) is 0 Å². The van der Waals surface area contributed by atoms with Gasteiger partial charge in [0, 0.05) is 18.2 Å². The molecule has 1 aromatic rings. The van der Waals surface area contributed by atoms with Crippen molar-refractivity contribution >= 4 is 11.7 Å². The summed E-state index contributed by atoms with van der Waals surface area (Å²) in [5.41, 5.74) is 1.11. The van der Waals surface area contributed by atoms with Crippen LogP contribution in [0.4, 0.5) is 5.69 Å². The van der Waals surface area contributed by atoms with Gasteiger partial charge in [-0.2, -0.15) is 0 Å². The van der Waals surface area contributed by atoms with Gasteiger partial charge in [0.2, 0.25) is 0 Å². The van der Waals surface area contributed by atoms with Crippen molar-refractivity contribution in [3.05, 3.63) is 39.9 Å². The molecule has 0 aromatic heterocycles. The minimum Gasteiger partial charge on any atom is -0.302 e. The third-order valence-electron chi connectivity index (χ3n) is 3.33. The van der Waals surface area contributed by atoms with E-state index in [2.05, 4.69) is 15.9 Å². The van der Waals surface area contributed by atoms with Gasteiger partial charge in [0.1, 0.15) is 0 Å². The molecular formula is C14H20N4O2. The van der Waals surface area contributed by atoms with Crippen LogP contribution in [0.3, 0.4) is 0 Å². The lowest BCUT2D eigenvalue weighted by Crippen LogP contribution is -2.24. The van der Waals surface area contributed by atoms with Crippen molar-refractivity contribution in [2.75, 3.05) is 14.1 Å². The van der Waals surface area contributed by atoms with Gasteiger partial charge in [-0.25, -0.2) is 10.4 Å². The van der Waals surface area contributed by atoms with Crippen LogP contribution in [0.2, 0.25) is 0 Å².